The van der Waals surface area contributed by atoms with Gasteiger partial charge in [0.05, 0.1) is 16.3 Å². The van der Waals surface area contributed by atoms with Crippen LogP contribution in [-0.4, -0.2) is 10.0 Å². The van der Waals surface area contributed by atoms with E-state index in [0.29, 0.717) is 17.1 Å². The molecule has 0 bridgehead atoms. The summed E-state index contributed by atoms with van der Waals surface area (Å²) in [5.41, 5.74) is 2.69. The van der Waals surface area contributed by atoms with Crippen molar-refractivity contribution in [1.29, 1.82) is 0 Å². The van der Waals surface area contributed by atoms with Crippen molar-refractivity contribution in [2.75, 3.05) is 0 Å². The number of nitro groups is 1. The van der Waals surface area contributed by atoms with Crippen molar-refractivity contribution in [2.24, 2.45) is 10.2 Å². The molecule has 0 spiro atoms. The number of azo groups is 1. The van der Waals surface area contributed by atoms with Gasteiger partial charge < -0.3 is 5.11 Å². The minimum absolute atomic E-state index is 0.0151. The normalized spacial score (nSPS) is 11.2. The van der Waals surface area contributed by atoms with Crippen LogP contribution in [-0.2, 0) is 6.42 Å². The van der Waals surface area contributed by atoms with E-state index in [1.807, 2.05) is 13.0 Å². The molecule has 0 aliphatic rings. The Balaban J connectivity index is 1.94. The molecule has 156 valence electrons. The summed E-state index contributed by atoms with van der Waals surface area (Å²) in [5.74, 6) is 0.322. The quantitative estimate of drug-likeness (QED) is 0.172. The zero-order valence-corrected chi connectivity index (χ0v) is 17.4. The smallest absolute Gasteiger partial charge is 0.271 e. The van der Waals surface area contributed by atoms with Crippen LogP contribution >= 0.6 is 0 Å². The van der Waals surface area contributed by atoms with Crippen LogP contribution in [0.15, 0.2) is 46.6 Å². The van der Waals surface area contributed by atoms with Gasteiger partial charge in [-0.3, -0.25) is 10.1 Å². The number of hydrogen-bond acceptors (Lipinski definition) is 5. The van der Waals surface area contributed by atoms with Gasteiger partial charge in [0.1, 0.15) is 5.75 Å². The molecular weight excluding hydrogens is 366 g/mol. The first-order valence-corrected chi connectivity index (χ1v) is 10.5. The Morgan fingerprint density at radius 1 is 0.931 bits per heavy atom. The van der Waals surface area contributed by atoms with Crippen LogP contribution < -0.4 is 0 Å². The van der Waals surface area contributed by atoms with Crippen molar-refractivity contribution in [3.8, 4) is 5.75 Å². The summed E-state index contributed by atoms with van der Waals surface area (Å²) in [4.78, 5) is 10.4. The number of phenolic OH excluding ortho intramolecular Hbond substituents is 1. The van der Waals surface area contributed by atoms with E-state index in [2.05, 4.69) is 17.2 Å². The first kappa shape index (κ1) is 22.5. The summed E-state index contributed by atoms with van der Waals surface area (Å²) in [6, 6.07) is 9.69. The summed E-state index contributed by atoms with van der Waals surface area (Å²) in [6.45, 7) is 4.07. The van der Waals surface area contributed by atoms with Gasteiger partial charge in [-0.25, -0.2) is 0 Å². The standard InChI is InChI=1S/C23H31N3O3/c1-3-4-5-6-7-8-9-10-12-19-16-21(15-18(2)23(19)27)25-24-20-13-11-14-22(17-20)26(28)29/h11,13-17,27H,3-10,12H2,1-2H3. The highest BCUT2D eigenvalue weighted by atomic mass is 16.6. The van der Waals surface area contributed by atoms with Crippen LogP contribution in [0.3, 0.4) is 0 Å². The average Bonchev–Trinajstić information content (AvgIpc) is 2.71. The molecule has 6 heteroatoms. The van der Waals surface area contributed by atoms with E-state index < -0.39 is 4.92 Å². The lowest BCUT2D eigenvalue weighted by molar-refractivity contribution is -0.384. The van der Waals surface area contributed by atoms with Crippen LogP contribution in [0.2, 0.25) is 0 Å². The molecule has 29 heavy (non-hydrogen) atoms. The molecule has 2 aromatic carbocycles. The highest BCUT2D eigenvalue weighted by molar-refractivity contribution is 5.52. The maximum absolute atomic E-state index is 10.9. The molecule has 2 aromatic rings. The Kier molecular flexibility index (Phi) is 9.28. The van der Waals surface area contributed by atoms with Crippen molar-refractivity contribution in [3.05, 3.63) is 57.6 Å². The van der Waals surface area contributed by atoms with Gasteiger partial charge in [-0.2, -0.15) is 10.2 Å². The maximum atomic E-state index is 10.9. The summed E-state index contributed by atoms with van der Waals surface area (Å²) < 4.78 is 0. The SMILES string of the molecule is CCCCCCCCCCc1cc(N=Nc2cccc([N+](=O)[O-])c2)cc(C)c1O. The fraction of sp³-hybridized carbons (Fsp3) is 0.478. The number of aryl methyl sites for hydroxylation is 2. The molecule has 0 heterocycles. The van der Waals surface area contributed by atoms with Crippen LogP contribution in [0.25, 0.3) is 0 Å². The second-order valence-electron chi connectivity index (χ2n) is 7.47. The van der Waals surface area contributed by atoms with Gasteiger partial charge in [-0.05, 0) is 49.1 Å². The summed E-state index contributed by atoms with van der Waals surface area (Å²) >= 11 is 0. The van der Waals surface area contributed by atoms with E-state index in [1.165, 1.54) is 50.7 Å². The highest BCUT2D eigenvalue weighted by Crippen LogP contribution is 2.31. The first-order valence-electron chi connectivity index (χ1n) is 10.5. The Hall–Kier alpha value is -2.76. The number of nitrogens with zero attached hydrogens (tertiary/aromatic N) is 3. The van der Waals surface area contributed by atoms with Crippen molar-refractivity contribution < 1.29 is 10.0 Å². The van der Waals surface area contributed by atoms with Crippen molar-refractivity contribution in [2.45, 2.75) is 71.6 Å². The van der Waals surface area contributed by atoms with Crippen LogP contribution in [0.1, 0.15) is 69.4 Å². The number of hydrogen-bond donors (Lipinski definition) is 1. The van der Waals surface area contributed by atoms with E-state index in [4.69, 9.17) is 0 Å². The zero-order chi connectivity index (χ0) is 21.1. The Bertz CT molecular complexity index is 834. The molecule has 0 atom stereocenters. The third kappa shape index (κ3) is 7.64. The molecule has 0 amide bonds. The summed E-state index contributed by atoms with van der Waals surface area (Å²) in [7, 11) is 0. The van der Waals surface area contributed by atoms with Crippen molar-refractivity contribution >= 4 is 17.1 Å². The van der Waals surface area contributed by atoms with Crippen molar-refractivity contribution in [3.63, 3.8) is 0 Å². The van der Waals surface area contributed by atoms with Gasteiger partial charge in [-0.15, -0.1) is 0 Å². The van der Waals surface area contributed by atoms with E-state index in [-0.39, 0.29) is 5.69 Å². The van der Waals surface area contributed by atoms with Gasteiger partial charge in [0.2, 0.25) is 0 Å². The van der Waals surface area contributed by atoms with E-state index in [0.717, 1.165) is 30.4 Å². The Labute approximate surface area is 172 Å². The van der Waals surface area contributed by atoms with Gasteiger partial charge in [0.25, 0.3) is 5.69 Å². The van der Waals surface area contributed by atoms with Crippen LogP contribution in [0, 0.1) is 17.0 Å². The number of non-ortho nitro benzene ring substituents is 1. The molecule has 6 nitrogen and oxygen atoms in total. The lowest BCUT2D eigenvalue weighted by Gasteiger charge is -2.09. The minimum atomic E-state index is -0.453. The molecule has 1 N–H and O–H groups in total. The molecule has 2 rings (SSSR count). The monoisotopic (exact) mass is 397 g/mol. The van der Waals surface area contributed by atoms with Crippen LogP contribution in [0.5, 0.6) is 5.75 Å². The predicted molar refractivity (Wildman–Crippen MR) is 116 cm³/mol. The number of rotatable bonds is 12. The third-order valence-electron chi connectivity index (χ3n) is 4.99. The maximum Gasteiger partial charge on any atom is 0.271 e. The van der Waals surface area contributed by atoms with Crippen LogP contribution in [0.4, 0.5) is 17.1 Å². The molecule has 0 saturated carbocycles. The van der Waals surface area contributed by atoms with Crippen molar-refractivity contribution in [1.82, 2.24) is 0 Å². The topological polar surface area (TPSA) is 88.1 Å². The van der Waals surface area contributed by atoms with Gasteiger partial charge in [0.15, 0.2) is 0 Å². The van der Waals surface area contributed by atoms with Gasteiger partial charge >= 0.3 is 0 Å². The van der Waals surface area contributed by atoms with E-state index >= 15 is 0 Å². The first-order chi connectivity index (χ1) is 14.0. The highest BCUT2D eigenvalue weighted by Gasteiger charge is 2.08. The molecule has 0 saturated heterocycles. The molecule has 0 unspecified atom stereocenters. The molecule has 0 aromatic heterocycles. The summed E-state index contributed by atoms with van der Waals surface area (Å²) in [6.07, 6.45) is 10.7. The largest absolute Gasteiger partial charge is 0.507 e. The number of unbranched alkanes of at least 4 members (excludes halogenated alkanes) is 7. The summed E-state index contributed by atoms with van der Waals surface area (Å²) in [5, 5.41) is 29.6. The average molecular weight is 398 g/mol. The van der Waals surface area contributed by atoms with E-state index in [1.54, 1.807) is 18.2 Å². The molecule has 0 aliphatic heterocycles. The number of nitro benzene ring substituents is 1. The predicted octanol–water partition coefficient (Wildman–Crippen LogP) is 7.71. The number of benzene rings is 2. The van der Waals surface area contributed by atoms with E-state index in [9.17, 15) is 15.2 Å². The number of aromatic hydroxyl groups is 1. The second kappa shape index (κ2) is 11.9. The molecule has 0 aliphatic carbocycles. The fourth-order valence-corrected chi connectivity index (χ4v) is 3.31. The lowest BCUT2D eigenvalue weighted by atomic mass is 10.0. The lowest BCUT2D eigenvalue weighted by Crippen LogP contribution is -1.90. The fourth-order valence-electron chi connectivity index (χ4n) is 3.31. The Morgan fingerprint density at radius 2 is 1.59 bits per heavy atom. The molecule has 0 fully saturated rings. The second-order valence-corrected chi connectivity index (χ2v) is 7.47. The van der Waals surface area contributed by atoms with Gasteiger partial charge in [-0.1, -0.05) is 57.9 Å². The third-order valence-corrected chi connectivity index (χ3v) is 4.99. The zero-order valence-electron chi connectivity index (χ0n) is 17.4. The van der Waals surface area contributed by atoms with Gasteiger partial charge in [0, 0.05) is 12.1 Å². The molecular formula is C23H31N3O3. The number of phenols is 1. The minimum Gasteiger partial charge on any atom is -0.507 e. The Morgan fingerprint density at radius 3 is 2.28 bits per heavy atom. The molecule has 0 radical (unpaired) electrons.